The molecule has 0 spiro atoms. The molecule has 1 aliphatic carbocycles. The third kappa shape index (κ3) is 4.82. The van der Waals surface area contributed by atoms with Crippen LogP contribution in [0.3, 0.4) is 0 Å². The number of rotatable bonds is 3. The number of carbonyl (C=O) groups is 2. The van der Waals surface area contributed by atoms with E-state index >= 15 is 0 Å². The molecule has 5 nitrogen and oxygen atoms in total. The van der Waals surface area contributed by atoms with Crippen LogP contribution in [0.25, 0.3) is 0 Å². The van der Waals surface area contributed by atoms with Crippen LogP contribution in [0.2, 0.25) is 0 Å². The number of nitrogens with zero attached hydrogens (tertiary/aromatic N) is 2. The monoisotopic (exact) mass is 372 g/mol. The molecule has 1 heterocycles. The molecule has 1 saturated carbocycles. The Balaban J connectivity index is 1.78. The third-order valence-electron chi connectivity index (χ3n) is 6.03. The van der Waals surface area contributed by atoms with Gasteiger partial charge in [0.2, 0.25) is 11.8 Å². The highest BCUT2D eigenvalue weighted by atomic mass is 16.5. The van der Waals surface area contributed by atoms with E-state index in [0.717, 1.165) is 69.3 Å². The Hall–Kier alpha value is -2.04. The van der Waals surface area contributed by atoms with Gasteiger partial charge in [0.1, 0.15) is 5.75 Å². The smallest absolute Gasteiger partial charge is 0.227 e. The van der Waals surface area contributed by atoms with Crippen molar-refractivity contribution in [3.63, 3.8) is 0 Å². The molecule has 1 aromatic rings. The van der Waals surface area contributed by atoms with Crippen molar-refractivity contribution < 1.29 is 14.3 Å². The van der Waals surface area contributed by atoms with Crippen LogP contribution in [0.5, 0.6) is 5.75 Å². The summed E-state index contributed by atoms with van der Waals surface area (Å²) in [7, 11) is 3.55. The molecule has 3 rings (SSSR count). The molecule has 1 aromatic carbocycles. The highest BCUT2D eigenvalue weighted by Gasteiger charge is 2.39. The van der Waals surface area contributed by atoms with Crippen molar-refractivity contribution in [3.05, 3.63) is 29.8 Å². The lowest BCUT2D eigenvalue weighted by molar-refractivity contribution is -0.140. The van der Waals surface area contributed by atoms with E-state index in [4.69, 9.17) is 4.74 Å². The molecular formula is C22H32N2O3. The minimum absolute atomic E-state index is 0.0395. The topological polar surface area (TPSA) is 49.9 Å². The Morgan fingerprint density at radius 1 is 1.11 bits per heavy atom. The van der Waals surface area contributed by atoms with Crippen molar-refractivity contribution in [2.75, 3.05) is 27.2 Å². The van der Waals surface area contributed by atoms with Gasteiger partial charge in [-0.05, 0) is 43.4 Å². The first kappa shape index (κ1) is 19.7. The fourth-order valence-corrected chi connectivity index (χ4v) is 4.51. The van der Waals surface area contributed by atoms with E-state index in [1.165, 1.54) is 0 Å². The number of fused-ring (bicyclic) bond motifs is 1. The van der Waals surface area contributed by atoms with Crippen LogP contribution < -0.4 is 4.74 Å². The first-order chi connectivity index (χ1) is 13.1. The summed E-state index contributed by atoms with van der Waals surface area (Å²) in [6, 6.07) is 7.76. The fraction of sp³-hybridized carbons (Fsp3) is 0.636. The Morgan fingerprint density at radius 3 is 2.67 bits per heavy atom. The van der Waals surface area contributed by atoms with E-state index in [9.17, 15) is 9.59 Å². The van der Waals surface area contributed by atoms with Crippen molar-refractivity contribution in [3.8, 4) is 5.75 Å². The maximum atomic E-state index is 13.2. The first-order valence-electron chi connectivity index (χ1n) is 10.3. The number of ether oxygens (including phenoxy) is 1. The van der Waals surface area contributed by atoms with E-state index in [2.05, 4.69) is 0 Å². The number of hydrogen-bond acceptors (Lipinski definition) is 3. The van der Waals surface area contributed by atoms with Crippen molar-refractivity contribution in [2.24, 2.45) is 5.92 Å². The van der Waals surface area contributed by atoms with Gasteiger partial charge in [-0.3, -0.25) is 9.59 Å². The maximum Gasteiger partial charge on any atom is 0.227 e. The molecule has 2 atom stereocenters. The zero-order valence-corrected chi connectivity index (χ0v) is 16.7. The van der Waals surface area contributed by atoms with Crippen LogP contribution in [0.4, 0.5) is 0 Å². The zero-order chi connectivity index (χ0) is 19.2. The molecule has 0 aromatic heterocycles. The van der Waals surface area contributed by atoms with Crippen molar-refractivity contribution in [2.45, 2.75) is 57.4 Å². The summed E-state index contributed by atoms with van der Waals surface area (Å²) in [4.78, 5) is 30.1. The van der Waals surface area contributed by atoms with Crippen LogP contribution in [-0.4, -0.2) is 54.9 Å². The quantitative estimate of drug-likeness (QED) is 0.818. The second-order valence-electron chi connectivity index (χ2n) is 7.89. The van der Waals surface area contributed by atoms with Gasteiger partial charge < -0.3 is 14.5 Å². The minimum Gasteiger partial charge on any atom is -0.497 e. The van der Waals surface area contributed by atoms with Gasteiger partial charge in [-0.2, -0.15) is 0 Å². The molecule has 0 N–H and O–H groups in total. The van der Waals surface area contributed by atoms with Crippen molar-refractivity contribution in [1.29, 1.82) is 0 Å². The summed E-state index contributed by atoms with van der Waals surface area (Å²) >= 11 is 0. The summed E-state index contributed by atoms with van der Waals surface area (Å²) in [5.41, 5.74) is 0.964. The van der Waals surface area contributed by atoms with Crippen molar-refractivity contribution in [1.82, 2.24) is 9.80 Å². The number of hydrogen-bond donors (Lipinski definition) is 0. The number of benzene rings is 1. The van der Waals surface area contributed by atoms with Gasteiger partial charge in [-0.1, -0.05) is 31.4 Å². The average Bonchev–Trinajstić information content (AvgIpc) is 3.14. The second kappa shape index (κ2) is 9.25. The van der Waals surface area contributed by atoms with E-state index in [1.807, 2.05) is 41.1 Å². The molecule has 5 heteroatoms. The van der Waals surface area contributed by atoms with Gasteiger partial charge in [-0.25, -0.2) is 0 Å². The highest BCUT2D eigenvalue weighted by molar-refractivity contribution is 5.83. The van der Waals surface area contributed by atoms with Crippen LogP contribution in [0, 0.1) is 5.92 Å². The van der Waals surface area contributed by atoms with Gasteiger partial charge in [0, 0.05) is 26.2 Å². The van der Waals surface area contributed by atoms with E-state index in [0.29, 0.717) is 6.42 Å². The van der Waals surface area contributed by atoms with Crippen LogP contribution in [0.1, 0.15) is 50.5 Å². The SMILES string of the molecule is COc1cccc(CC(=O)N2CCCCCCN(C)C(=O)[C@H]3CCC[C@H]32)c1. The summed E-state index contributed by atoms with van der Waals surface area (Å²) in [5.74, 6) is 1.09. The molecule has 2 amide bonds. The van der Waals surface area contributed by atoms with Crippen molar-refractivity contribution >= 4 is 11.8 Å². The standard InChI is InChI=1S/C22H32N2O3/c1-23-13-5-3-4-6-14-24(20-12-8-11-19(20)22(23)26)21(25)16-17-9-7-10-18(15-17)27-2/h7,9-10,15,19-20H,3-6,8,11-14,16H2,1-2H3/t19-,20+/m0/s1. The first-order valence-corrected chi connectivity index (χ1v) is 10.3. The maximum absolute atomic E-state index is 13.2. The largest absolute Gasteiger partial charge is 0.497 e. The summed E-state index contributed by atoms with van der Waals surface area (Å²) in [6.07, 6.45) is 7.53. The second-order valence-corrected chi connectivity index (χ2v) is 7.89. The number of methoxy groups -OCH3 is 1. The lowest BCUT2D eigenvalue weighted by Crippen LogP contribution is -2.48. The molecule has 2 aliphatic rings. The Kier molecular flexibility index (Phi) is 6.75. The molecular weight excluding hydrogens is 340 g/mol. The van der Waals surface area contributed by atoms with E-state index < -0.39 is 0 Å². The summed E-state index contributed by atoms with van der Waals surface area (Å²) < 4.78 is 5.28. The van der Waals surface area contributed by atoms with E-state index in [-0.39, 0.29) is 23.8 Å². The van der Waals surface area contributed by atoms with Crippen LogP contribution in [-0.2, 0) is 16.0 Å². The Morgan fingerprint density at radius 2 is 1.89 bits per heavy atom. The highest BCUT2D eigenvalue weighted by Crippen LogP contribution is 2.33. The van der Waals surface area contributed by atoms with Gasteiger partial charge in [0.15, 0.2) is 0 Å². The van der Waals surface area contributed by atoms with Gasteiger partial charge in [-0.15, -0.1) is 0 Å². The molecule has 0 radical (unpaired) electrons. The molecule has 0 bridgehead atoms. The van der Waals surface area contributed by atoms with E-state index in [1.54, 1.807) is 7.11 Å². The lowest BCUT2D eigenvalue weighted by Gasteiger charge is -2.34. The summed E-state index contributed by atoms with van der Waals surface area (Å²) in [5, 5.41) is 0. The average molecular weight is 373 g/mol. The fourth-order valence-electron chi connectivity index (χ4n) is 4.51. The molecule has 27 heavy (non-hydrogen) atoms. The zero-order valence-electron chi connectivity index (χ0n) is 16.7. The normalized spacial score (nSPS) is 24.3. The Bertz CT molecular complexity index is 661. The van der Waals surface area contributed by atoms with Crippen LogP contribution in [0.15, 0.2) is 24.3 Å². The van der Waals surface area contributed by atoms with Crippen LogP contribution >= 0.6 is 0 Å². The van der Waals surface area contributed by atoms with Gasteiger partial charge in [0.25, 0.3) is 0 Å². The van der Waals surface area contributed by atoms with Gasteiger partial charge in [0.05, 0.1) is 19.4 Å². The predicted octanol–water partition coefficient (Wildman–Crippen LogP) is 3.27. The molecule has 148 valence electrons. The van der Waals surface area contributed by atoms with Gasteiger partial charge >= 0.3 is 0 Å². The molecule has 2 fully saturated rings. The third-order valence-corrected chi connectivity index (χ3v) is 6.03. The Labute approximate surface area is 162 Å². The predicted molar refractivity (Wildman–Crippen MR) is 106 cm³/mol. The number of amides is 2. The number of carbonyl (C=O) groups excluding carboxylic acids is 2. The lowest BCUT2D eigenvalue weighted by atomic mass is 9.99. The summed E-state index contributed by atoms with van der Waals surface area (Å²) in [6.45, 7) is 1.60. The molecule has 0 unspecified atom stereocenters. The minimum atomic E-state index is -0.0395. The molecule has 1 saturated heterocycles. The molecule has 1 aliphatic heterocycles.